The second-order valence-corrected chi connectivity index (χ2v) is 6.76. The van der Waals surface area contributed by atoms with Gasteiger partial charge in [0.2, 0.25) is 0 Å². The molecule has 0 N–H and O–H groups in total. The van der Waals surface area contributed by atoms with Crippen LogP contribution in [0.4, 0.5) is 0 Å². The average Bonchev–Trinajstić information content (AvgIpc) is 3.14. The van der Waals surface area contributed by atoms with E-state index in [1.807, 2.05) is 0 Å². The molecule has 1 amide bonds. The van der Waals surface area contributed by atoms with Gasteiger partial charge in [-0.25, -0.2) is 10.1 Å². The van der Waals surface area contributed by atoms with E-state index in [9.17, 15) is 14.9 Å². The molecule has 2 aliphatic rings. The van der Waals surface area contributed by atoms with Crippen LogP contribution < -0.4 is 0 Å². The number of nitrogens with zero attached hydrogens (tertiary/aromatic N) is 4. The van der Waals surface area contributed by atoms with Gasteiger partial charge in [0.05, 0.1) is 6.61 Å². The molecule has 0 saturated carbocycles. The van der Waals surface area contributed by atoms with Gasteiger partial charge >= 0.3 is 0 Å². The Morgan fingerprint density at radius 2 is 2.24 bits per heavy atom. The molecule has 0 aliphatic carbocycles. The zero-order valence-corrected chi connectivity index (χ0v) is 14.6. The van der Waals surface area contributed by atoms with Gasteiger partial charge in [-0.05, 0) is 24.1 Å². The number of hydrogen-bond donors (Lipinski definition) is 0. The molecule has 2 aliphatic heterocycles. The number of rotatable bonds is 4. The zero-order valence-electron chi connectivity index (χ0n) is 13.8. The highest BCUT2D eigenvalue weighted by Gasteiger charge is 2.37. The lowest BCUT2D eigenvalue weighted by molar-refractivity contribution is -0.486. The first kappa shape index (κ1) is 17.6. The van der Waals surface area contributed by atoms with Crippen LogP contribution in [-0.2, 0) is 4.74 Å². The number of carbonyl (C=O) groups excluding carboxylic acids is 1. The largest absolute Gasteiger partial charge is 0.381 e. The number of benzene rings is 1. The predicted molar refractivity (Wildman–Crippen MR) is 92.0 cm³/mol. The number of guanidine groups is 1. The Morgan fingerprint density at radius 1 is 1.44 bits per heavy atom. The Morgan fingerprint density at radius 3 is 2.88 bits per heavy atom. The molecular weight excluding hydrogens is 348 g/mol. The molecule has 0 bridgehead atoms. The lowest BCUT2D eigenvalue weighted by atomic mass is 9.98. The van der Waals surface area contributed by atoms with E-state index in [2.05, 4.69) is 12.0 Å². The van der Waals surface area contributed by atoms with Gasteiger partial charge in [0.15, 0.2) is 5.03 Å². The van der Waals surface area contributed by atoms with E-state index in [0.717, 1.165) is 0 Å². The van der Waals surface area contributed by atoms with Crippen LogP contribution in [0.1, 0.15) is 17.3 Å². The molecule has 0 aromatic heterocycles. The van der Waals surface area contributed by atoms with Crippen LogP contribution >= 0.6 is 11.6 Å². The first-order valence-electron chi connectivity index (χ1n) is 8.09. The molecule has 9 heteroatoms. The summed E-state index contributed by atoms with van der Waals surface area (Å²) in [6.45, 7) is 4.82. The van der Waals surface area contributed by atoms with Gasteiger partial charge in [0.1, 0.15) is 5.10 Å². The summed E-state index contributed by atoms with van der Waals surface area (Å²) in [5, 5.41) is 14.1. The van der Waals surface area contributed by atoms with Gasteiger partial charge in [-0.1, -0.05) is 24.6 Å². The molecule has 2 atom stereocenters. The highest BCUT2D eigenvalue weighted by molar-refractivity contribution is 6.31. The van der Waals surface area contributed by atoms with E-state index in [4.69, 9.17) is 16.3 Å². The summed E-state index contributed by atoms with van der Waals surface area (Å²) in [5.41, 5.74) is 0.378. The van der Waals surface area contributed by atoms with Crippen molar-refractivity contribution in [3.63, 3.8) is 0 Å². The van der Waals surface area contributed by atoms with Crippen molar-refractivity contribution in [2.24, 2.45) is 16.9 Å². The van der Waals surface area contributed by atoms with Crippen LogP contribution in [-0.4, -0.2) is 59.5 Å². The van der Waals surface area contributed by atoms with Crippen LogP contribution in [0.2, 0.25) is 5.02 Å². The fourth-order valence-corrected chi connectivity index (χ4v) is 3.34. The fourth-order valence-electron chi connectivity index (χ4n) is 3.15. The number of amides is 1. The second-order valence-electron chi connectivity index (χ2n) is 6.33. The normalized spacial score (nSPS) is 25.0. The number of hydrogen-bond acceptors (Lipinski definition) is 4. The Hall–Kier alpha value is -2.19. The number of ether oxygens (including phenoxy) is 1. The van der Waals surface area contributed by atoms with Crippen molar-refractivity contribution in [1.82, 2.24) is 9.80 Å². The van der Waals surface area contributed by atoms with Crippen LogP contribution in [0.5, 0.6) is 0 Å². The molecule has 1 aromatic rings. The summed E-state index contributed by atoms with van der Waals surface area (Å²) in [4.78, 5) is 26.9. The first-order chi connectivity index (χ1) is 12.0. The van der Waals surface area contributed by atoms with E-state index in [0.29, 0.717) is 49.4 Å². The monoisotopic (exact) mass is 366 g/mol. The minimum Gasteiger partial charge on any atom is -0.381 e. The fraction of sp³-hybridized carbons (Fsp3) is 0.500. The number of carbonyl (C=O) groups is 1. The minimum absolute atomic E-state index is 0.0778. The summed E-state index contributed by atoms with van der Waals surface area (Å²) in [7, 11) is 0. The Kier molecular flexibility index (Phi) is 5.19. The number of halogens is 1. The molecule has 8 nitrogen and oxygen atoms in total. The van der Waals surface area contributed by atoms with Crippen molar-refractivity contribution in [2.45, 2.75) is 6.92 Å². The van der Waals surface area contributed by atoms with Crippen LogP contribution in [0, 0.1) is 22.0 Å². The third kappa shape index (κ3) is 3.91. The van der Waals surface area contributed by atoms with Crippen molar-refractivity contribution in [1.29, 1.82) is 0 Å². The standard InChI is InChI=1S/C16H19ClN4O4/c1-11-9-25-10-13(11)8-19-5-6-20(16(19)18-21(23)24)15(22)12-3-2-4-14(17)7-12/h2-4,7,11,13H,5-6,8-10H2,1H3. The summed E-state index contributed by atoms with van der Waals surface area (Å²) in [5.74, 6) is 0.364. The van der Waals surface area contributed by atoms with Crippen molar-refractivity contribution < 1.29 is 14.6 Å². The van der Waals surface area contributed by atoms with Crippen molar-refractivity contribution in [2.75, 3.05) is 32.8 Å². The van der Waals surface area contributed by atoms with E-state index in [1.54, 1.807) is 29.2 Å². The highest BCUT2D eigenvalue weighted by atomic mass is 35.5. The van der Waals surface area contributed by atoms with Crippen molar-refractivity contribution in [3.8, 4) is 0 Å². The first-order valence-corrected chi connectivity index (χ1v) is 8.46. The molecule has 0 radical (unpaired) electrons. The third-order valence-corrected chi connectivity index (χ3v) is 4.81. The Balaban J connectivity index is 1.82. The van der Waals surface area contributed by atoms with E-state index in [1.165, 1.54) is 4.90 Å². The molecule has 2 unspecified atom stereocenters. The minimum atomic E-state index is -0.763. The lowest BCUT2D eigenvalue weighted by Gasteiger charge is -2.23. The summed E-state index contributed by atoms with van der Waals surface area (Å²) in [6.07, 6.45) is 0. The molecule has 134 valence electrons. The zero-order chi connectivity index (χ0) is 18.0. The molecule has 2 saturated heterocycles. The van der Waals surface area contributed by atoms with E-state index >= 15 is 0 Å². The van der Waals surface area contributed by atoms with Crippen LogP contribution in [0.3, 0.4) is 0 Å². The highest BCUT2D eigenvalue weighted by Crippen LogP contribution is 2.24. The van der Waals surface area contributed by atoms with Gasteiger partial charge in [-0.3, -0.25) is 9.69 Å². The molecule has 2 fully saturated rings. The summed E-state index contributed by atoms with van der Waals surface area (Å²) < 4.78 is 5.46. The Labute approximate surface area is 150 Å². The van der Waals surface area contributed by atoms with Gasteiger partial charge in [0.25, 0.3) is 11.9 Å². The van der Waals surface area contributed by atoms with Crippen LogP contribution in [0.15, 0.2) is 29.4 Å². The van der Waals surface area contributed by atoms with Crippen molar-refractivity contribution in [3.05, 3.63) is 45.0 Å². The van der Waals surface area contributed by atoms with E-state index in [-0.39, 0.29) is 17.8 Å². The number of hydrazone groups is 1. The summed E-state index contributed by atoms with van der Waals surface area (Å²) >= 11 is 5.94. The molecule has 2 heterocycles. The summed E-state index contributed by atoms with van der Waals surface area (Å²) in [6, 6.07) is 6.52. The average molecular weight is 367 g/mol. The van der Waals surface area contributed by atoms with Gasteiger partial charge in [-0.15, -0.1) is 0 Å². The van der Waals surface area contributed by atoms with Crippen LogP contribution in [0.25, 0.3) is 0 Å². The second kappa shape index (κ2) is 7.37. The Bertz CT molecular complexity index is 711. The molecule has 25 heavy (non-hydrogen) atoms. The maximum Gasteiger partial charge on any atom is 0.281 e. The molecule has 3 rings (SSSR count). The maximum atomic E-state index is 12.8. The SMILES string of the molecule is CC1COCC1CN1CCN(C(=O)c2cccc(Cl)c2)C1=N[N+](=O)[O-]. The molecule has 0 spiro atoms. The van der Waals surface area contributed by atoms with Gasteiger partial charge < -0.3 is 9.64 Å². The number of nitro groups is 1. The van der Waals surface area contributed by atoms with E-state index < -0.39 is 5.03 Å². The van der Waals surface area contributed by atoms with Crippen molar-refractivity contribution >= 4 is 23.5 Å². The lowest BCUT2D eigenvalue weighted by Crippen LogP contribution is -2.41. The smallest absolute Gasteiger partial charge is 0.281 e. The van der Waals surface area contributed by atoms with Gasteiger partial charge in [0, 0.05) is 42.7 Å². The topological polar surface area (TPSA) is 88.3 Å². The molecular formula is C16H19ClN4O4. The quantitative estimate of drug-likeness (QED) is 0.600. The van der Waals surface area contributed by atoms with Gasteiger partial charge in [-0.2, -0.15) is 0 Å². The maximum absolute atomic E-state index is 12.8. The third-order valence-electron chi connectivity index (χ3n) is 4.58. The molecule has 1 aromatic carbocycles. The predicted octanol–water partition coefficient (Wildman–Crippen LogP) is 1.93.